The van der Waals surface area contributed by atoms with Crippen LogP contribution in [0.5, 0.6) is 0 Å². The zero-order valence-electron chi connectivity index (χ0n) is 13.2. The molecule has 1 aromatic heterocycles. The summed E-state index contributed by atoms with van der Waals surface area (Å²) >= 11 is 1.81. The summed E-state index contributed by atoms with van der Waals surface area (Å²) in [6.07, 6.45) is 2.23. The third kappa shape index (κ3) is 2.76. The van der Waals surface area contributed by atoms with E-state index in [0.29, 0.717) is 6.54 Å². The van der Waals surface area contributed by atoms with Gasteiger partial charge < -0.3 is 10.0 Å². The lowest BCUT2D eigenvalue weighted by atomic mass is 10.1. The van der Waals surface area contributed by atoms with Crippen molar-refractivity contribution in [3.63, 3.8) is 0 Å². The van der Waals surface area contributed by atoms with E-state index in [1.54, 1.807) is 11.8 Å². The van der Waals surface area contributed by atoms with Crippen LogP contribution < -0.4 is 9.47 Å². The first-order chi connectivity index (χ1) is 10.6. The Morgan fingerprint density at radius 2 is 1.86 bits per heavy atom. The fraction of sp³-hybridized carbons (Fsp3) is 0.278. The zero-order valence-corrected chi connectivity index (χ0v) is 14.0. The molecule has 3 rings (SSSR count). The van der Waals surface area contributed by atoms with E-state index >= 15 is 0 Å². The van der Waals surface area contributed by atoms with Crippen molar-refractivity contribution >= 4 is 23.5 Å². The number of aryl methyl sites for hydroxylation is 2. The molecule has 22 heavy (non-hydrogen) atoms. The van der Waals surface area contributed by atoms with Gasteiger partial charge in [-0.3, -0.25) is 0 Å². The molecular weight excluding hydrogens is 292 g/mol. The average molecular weight is 313 g/mol. The third-order valence-corrected chi connectivity index (χ3v) is 5.15. The second kappa shape index (κ2) is 6.15. The molecule has 114 valence electrons. The number of fused-ring (bicyclic) bond motifs is 1. The van der Waals surface area contributed by atoms with Gasteiger partial charge >= 0.3 is 0 Å². The van der Waals surface area contributed by atoms with Gasteiger partial charge in [0, 0.05) is 37.9 Å². The van der Waals surface area contributed by atoms with Crippen LogP contribution in [0.25, 0.3) is 6.08 Å². The van der Waals surface area contributed by atoms with Crippen molar-refractivity contribution in [3.8, 4) is 0 Å². The number of thioether (sulfide) groups is 1. The molecule has 1 N–H and O–H groups in total. The predicted octanol–water partition coefficient (Wildman–Crippen LogP) is 3.12. The van der Waals surface area contributed by atoms with Crippen LogP contribution in [0.4, 0.5) is 5.69 Å². The van der Waals surface area contributed by atoms with Crippen molar-refractivity contribution < 1.29 is 9.67 Å². The van der Waals surface area contributed by atoms with Crippen LogP contribution in [-0.4, -0.2) is 18.8 Å². The highest BCUT2D eigenvalue weighted by atomic mass is 32.2. The highest BCUT2D eigenvalue weighted by Gasteiger charge is 2.21. The van der Waals surface area contributed by atoms with Gasteiger partial charge in [-0.25, -0.2) is 0 Å². The van der Waals surface area contributed by atoms with Crippen molar-refractivity contribution in [1.82, 2.24) is 0 Å². The Labute approximate surface area is 135 Å². The number of para-hydroxylation sites is 1. The monoisotopic (exact) mass is 313 g/mol. The quantitative estimate of drug-likeness (QED) is 0.882. The molecule has 0 amide bonds. The minimum absolute atomic E-state index is 0.167. The van der Waals surface area contributed by atoms with Crippen LogP contribution in [0.3, 0.4) is 0 Å². The van der Waals surface area contributed by atoms with Gasteiger partial charge in [-0.05, 0) is 23.8 Å². The first-order valence-electron chi connectivity index (χ1n) is 7.44. The Hall–Kier alpha value is -1.78. The SMILES string of the molecule is Cc1cc(/C=C2\Sc3ccccc3N2C)cc(C)[n+]1CCO. The fourth-order valence-electron chi connectivity index (χ4n) is 2.88. The summed E-state index contributed by atoms with van der Waals surface area (Å²) in [6.45, 7) is 4.99. The maximum absolute atomic E-state index is 9.16. The van der Waals surface area contributed by atoms with Gasteiger partial charge in [0.1, 0.15) is 6.61 Å². The highest BCUT2D eigenvalue weighted by Crippen LogP contribution is 2.45. The van der Waals surface area contributed by atoms with Crippen LogP contribution in [0, 0.1) is 13.8 Å². The molecule has 1 aliphatic heterocycles. The van der Waals surface area contributed by atoms with Crippen LogP contribution >= 0.6 is 11.8 Å². The Bertz CT molecular complexity index is 717. The van der Waals surface area contributed by atoms with Crippen LogP contribution in [0.15, 0.2) is 46.3 Å². The van der Waals surface area contributed by atoms with E-state index < -0.39 is 0 Å². The number of aromatic nitrogens is 1. The van der Waals surface area contributed by atoms with Crippen LogP contribution in [-0.2, 0) is 6.54 Å². The van der Waals surface area contributed by atoms with E-state index in [0.717, 1.165) is 0 Å². The fourth-order valence-corrected chi connectivity index (χ4v) is 4.00. The summed E-state index contributed by atoms with van der Waals surface area (Å²) in [6, 6.07) is 12.8. The van der Waals surface area contributed by atoms with E-state index in [9.17, 15) is 0 Å². The number of hydrogen-bond acceptors (Lipinski definition) is 3. The average Bonchev–Trinajstić information content (AvgIpc) is 2.80. The predicted molar refractivity (Wildman–Crippen MR) is 91.9 cm³/mol. The number of pyridine rings is 1. The molecule has 0 atom stereocenters. The Kier molecular flexibility index (Phi) is 4.23. The lowest BCUT2D eigenvalue weighted by molar-refractivity contribution is -0.709. The topological polar surface area (TPSA) is 27.4 Å². The number of aliphatic hydroxyl groups excluding tert-OH is 1. The number of aliphatic hydroxyl groups is 1. The molecule has 0 fully saturated rings. The van der Waals surface area contributed by atoms with Crippen molar-refractivity contribution in [1.29, 1.82) is 0 Å². The normalized spacial score (nSPS) is 15.5. The lowest BCUT2D eigenvalue weighted by Crippen LogP contribution is -2.41. The van der Waals surface area contributed by atoms with Gasteiger partial charge in [-0.2, -0.15) is 4.57 Å². The highest BCUT2D eigenvalue weighted by molar-refractivity contribution is 8.03. The van der Waals surface area contributed by atoms with Crippen LogP contribution in [0.2, 0.25) is 0 Å². The molecule has 2 aromatic rings. The standard InChI is InChI=1S/C18H21N2OS/c1-13-10-15(11-14(2)20(13)8-9-21)12-18-19(3)16-6-4-5-7-17(16)22-18/h4-7,10-12,21H,8-9H2,1-3H3/q+1. The molecule has 0 aliphatic carbocycles. The maximum atomic E-state index is 9.16. The van der Waals surface area contributed by atoms with Crippen molar-refractivity contribution in [3.05, 3.63) is 58.4 Å². The number of benzene rings is 1. The Balaban J connectivity index is 1.94. The number of anilines is 1. The molecule has 2 heterocycles. The number of rotatable bonds is 3. The van der Waals surface area contributed by atoms with Crippen LogP contribution in [0.1, 0.15) is 17.0 Å². The summed E-state index contributed by atoms with van der Waals surface area (Å²) in [4.78, 5) is 3.54. The van der Waals surface area contributed by atoms with E-state index in [4.69, 9.17) is 5.11 Å². The van der Waals surface area contributed by atoms with E-state index in [1.807, 2.05) is 0 Å². The molecule has 0 saturated heterocycles. The van der Waals surface area contributed by atoms with E-state index in [1.165, 1.54) is 32.6 Å². The van der Waals surface area contributed by atoms with E-state index in [2.05, 4.69) is 72.8 Å². The van der Waals surface area contributed by atoms with Crippen molar-refractivity contribution in [2.75, 3.05) is 18.6 Å². The van der Waals surface area contributed by atoms with Crippen molar-refractivity contribution in [2.24, 2.45) is 0 Å². The number of hydrogen-bond donors (Lipinski definition) is 1. The summed E-state index contributed by atoms with van der Waals surface area (Å²) < 4.78 is 2.14. The first kappa shape index (κ1) is 15.1. The second-order valence-electron chi connectivity index (χ2n) is 5.56. The van der Waals surface area contributed by atoms with E-state index in [-0.39, 0.29) is 6.61 Å². The molecule has 0 saturated carbocycles. The van der Waals surface area contributed by atoms with Crippen molar-refractivity contribution in [2.45, 2.75) is 25.3 Å². The third-order valence-electron chi connectivity index (χ3n) is 3.99. The zero-order chi connectivity index (χ0) is 15.7. The minimum atomic E-state index is 0.167. The molecular formula is C18H21N2OS+. The molecule has 1 aromatic carbocycles. The molecule has 0 spiro atoms. The largest absolute Gasteiger partial charge is 0.390 e. The van der Waals surface area contributed by atoms with Gasteiger partial charge in [-0.1, -0.05) is 23.9 Å². The molecule has 0 bridgehead atoms. The van der Waals surface area contributed by atoms with Gasteiger partial charge in [0.2, 0.25) is 0 Å². The number of nitrogens with zero attached hydrogens (tertiary/aromatic N) is 2. The summed E-state index contributed by atoms with van der Waals surface area (Å²) in [7, 11) is 2.11. The Morgan fingerprint density at radius 3 is 2.50 bits per heavy atom. The molecule has 3 nitrogen and oxygen atoms in total. The molecule has 0 unspecified atom stereocenters. The summed E-state index contributed by atoms with van der Waals surface area (Å²) in [5.41, 5.74) is 4.80. The van der Waals surface area contributed by atoms with Gasteiger partial charge in [0.05, 0.1) is 10.7 Å². The summed E-state index contributed by atoms with van der Waals surface area (Å²) in [5.74, 6) is 0. The summed E-state index contributed by atoms with van der Waals surface area (Å²) in [5, 5.41) is 10.4. The van der Waals surface area contributed by atoms with Gasteiger partial charge in [0.15, 0.2) is 17.9 Å². The Morgan fingerprint density at radius 1 is 1.18 bits per heavy atom. The smallest absolute Gasteiger partial charge is 0.179 e. The molecule has 1 aliphatic rings. The lowest BCUT2D eigenvalue weighted by Gasteiger charge is -2.13. The van der Waals surface area contributed by atoms with Gasteiger partial charge in [-0.15, -0.1) is 0 Å². The minimum Gasteiger partial charge on any atom is -0.390 e. The van der Waals surface area contributed by atoms with Gasteiger partial charge in [0.25, 0.3) is 0 Å². The maximum Gasteiger partial charge on any atom is 0.179 e. The first-order valence-corrected chi connectivity index (χ1v) is 8.26. The second-order valence-corrected chi connectivity index (χ2v) is 6.62. The molecule has 0 radical (unpaired) electrons. The molecule has 4 heteroatoms.